The summed E-state index contributed by atoms with van der Waals surface area (Å²) in [6.45, 7) is 1.04. The third-order valence-electron chi connectivity index (χ3n) is 3.45. The van der Waals surface area contributed by atoms with E-state index >= 15 is 0 Å². The van der Waals surface area contributed by atoms with E-state index in [4.69, 9.17) is 16.3 Å². The molecule has 1 N–H and O–H groups in total. The summed E-state index contributed by atoms with van der Waals surface area (Å²) in [7, 11) is 0. The Labute approximate surface area is 152 Å². The van der Waals surface area contributed by atoms with E-state index < -0.39 is 35.6 Å². The molecule has 1 amide bonds. The van der Waals surface area contributed by atoms with Gasteiger partial charge >= 0.3 is 5.97 Å². The summed E-state index contributed by atoms with van der Waals surface area (Å²) in [6, 6.07) is 8.00. The lowest BCUT2D eigenvalue weighted by Gasteiger charge is -2.09. The van der Waals surface area contributed by atoms with Crippen LogP contribution in [0.15, 0.2) is 36.4 Å². The van der Waals surface area contributed by atoms with Crippen molar-refractivity contribution in [3.63, 3.8) is 0 Å². The number of hydrogen-bond donors (Lipinski definition) is 1. The van der Waals surface area contributed by atoms with Gasteiger partial charge in [-0.3, -0.25) is 19.7 Å². The fraction of sp³-hybridized carbons (Fsp3) is 0.176. The van der Waals surface area contributed by atoms with Gasteiger partial charge in [-0.15, -0.1) is 0 Å². The zero-order valence-electron chi connectivity index (χ0n) is 13.6. The van der Waals surface area contributed by atoms with Gasteiger partial charge in [-0.05, 0) is 24.6 Å². The molecule has 0 saturated heterocycles. The molecule has 0 bridgehead atoms. The molecule has 2 rings (SSSR count). The quantitative estimate of drug-likeness (QED) is 0.470. The van der Waals surface area contributed by atoms with E-state index in [1.54, 1.807) is 6.92 Å². The van der Waals surface area contributed by atoms with Crippen molar-refractivity contribution >= 4 is 34.9 Å². The summed E-state index contributed by atoms with van der Waals surface area (Å²) in [4.78, 5) is 33.8. The van der Waals surface area contributed by atoms with Crippen LogP contribution in [0.4, 0.5) is 15.8 Å². The molecule has 26 heavy (non-hydrogen) atoms. The number of rotatable bonds is 6. The van der Waals surface area contributed by atoms with Crippen LogP contribution in [0.3, 0.4) is 0 Å². The molecule has 0 aliphatic heterocycles. The van der Waals surface area contributed by atoms with Crippen LogP contribution in [-0.2, 0) is 20.7 Å². The standard InChI is InChI=1S/C17H14ClFN2O5/c1-10-5-6-11(21(24)25)7-15(10)20-16(22)9-26-17(23)8-12-13(18)3-2-4-14(12)19/h2-7H,8-9H2,1H3,(H,20,22). The molecule has 2 aromatic rings. The first-order valence-electron chi connectivity index (χ1n) is 7.41. The van der Waals surface area contributed by atoms with Crippen LogP contribution in [0.5, 0.6) is 0 Å². The number of esters is 1. The minimum atomic E-state index is -0.831. The van der Waals surface area contributed by atoms with Crippen molar-refractivity contribution in [3.05, 3.63) is 68.5 Å². The van der Waals surface area contributed by atoms with Crippen LogP contribution in [0.1, 0.15) is 11.1 Å². The molecule has 0 heterocycles. The van der Waals surface area contributed by atoms with Crippen molar-refractivity contribution < 1.29 is 23.6 Å². The summed E-state index contributed by atoms with van der Waals surface area (Å²) in [5, 5.41) is 13.3. The summed E-state index contributed by atoms with van der Waals surface area (Å²) in [6.07, 6.45) is -0.422. The van der Waals surface area contributed by atoms with Gasteiger partial charge in [0.15, 0.2) is 6.61 Å². The lowest BCUT2D eigenvalue weighted by atomic mass is 10.1. The molecule has 0 saturated carbocycles. The topological polar surface area (TPSA) is 98.5 Å². The maximum Gasteiger partial charge on any atom is 0.310 e. The van der Waals surface area contributed by atoms with E-state index in [-0.39, 0.29) is 22.0 Å². The molecule has 0 atom stereocenters. The molecule has 0 aromatic heterocycles. The maximum atomic E-state index is 13.6. The molecule has 9 heteroatoms. The Morgan fingerprint density at radius 2 is 2.04 bits per heavy atom. The maximum absolute atomic E-state index is 13.6. The Bertz CT molecular complexity index is 852. The Kier molecular flexibility index (Phi) is 6.24. The molecular weight excluding hydrogens is 367 g/mol. The van der Waals surface area contributed by atoms with E-state index in [1.165, 1.54) is 30.3 Å². The summed E-state index contributed by atoms with van der Waals surface area (Å²) < 4.78 is 18.4. The number of halogens is 2. The van der Waals surface area contributed by atoms with Crippen LogP contribution < -0.4 is 5.32 Å². The van der Waals surface area contributed by atoms with Gasteiger partial charge < -0.3 is 10.1 Å². The number of nitro groups is 1. The number of carbonyl (C=O) groups is 2. The summed E-state index contributed by atoms with van der Waals surface area (Å²) in [5.41, 5.74) is 0.636. The van der Waals surface area contributed by atoms with Crippen molar-refractivity contribution in [2.24, 2.45) is 0 Å². The van der Waals surface area contributed by atoms with Gasteiger partial charge in [0, 0.05) is 22.7 Å². The Hall–Kier alpha value is -3.00. The molecule has 0 unspecified atom stereocenters. The van der Waals surface area contributed by atoms with Gasteiger partial charge in [0.05, 0.1) is 17.0 Å². The molecule has 0 aliphatic rings. The second kappa shape index (κ2) is 8.39. The predicted molar refractivity (Wildman–Crippen MR) is 92.5 cm³/mol. The van der Waals surface area contributed by atoms with Gasteiger partial charge in [0.1, 0.15) is 5.82 Å². The van der Waals surface area contributed by atoms with E-state index in [2.05, 4.69) is 5.32 Å². The smallest absolute Gasteiger partial charge is 0.310 e. The summed E-state index contributed by atoms with van der Waals surface area (Å²) in [5.74, 6) is -2.16. The van der Waals surface area contributed by atoms with Crippen LogP contribution in [0.25, 0.3) is 0 Å². The van der Waals surface area contributed by atoms with Gasteiger partial charge in [-0.25, -0.2) is 4.39 Å². The molecule has 0 radical (unpaired) electrons. The molecule has 0 aliphatic carbocycles. The number of nitro benzene ring substituents is 1. The van der Waals surface area contributed by atoms with E-state index in [0.29, 0.717) is 5.56 Å². The van der Waals surface area contributed by atoms with Gasteiger partial charge in [-0.2, -0.15) is 0 Å². The number of carbonyl (C=O) groups excluding carboxylic acids is 2. The minimum absolute atomic E-state index is 0.0193. The monoisotopic (exact) mass is 380 g/mol. The number of nitrogens with one attached hydrogen (secondary N) is 1. The normalized spacial score (nSPS) is 10.3. The highest BCUT2D eigenvalue weighted by Gasteiger charge is 2.15. The average molecular weight is 381 g/mol. The van der Waals surface area contributed by atoms with Crippen molar-refractivity contribution in [2.75, 3.05) is 11.9 Å². The second-order valence-corrected chi connectivity index (χ2v) is 5.75. The average Bonchev–Trinajstić information content (AvgIpc) is 2.58. The molecule has 2 aromatic carbocycles. The van der Waals surface area contributed by atoms with Crippen molar-refractivity contribution in [1.82, 2.24) is 0 Å². The first-order valence-corrected chi connectivity index (χ1v) is 7.79. The zero-order chi connectivity index (χ0) is 19.3. The van der Waals surface area contributed by atoms with Crippen LogP contribution in [0.2, 0.25) is 5.02 Å². The highest BCUT2D eigenvalue weighted by atomic mass is 35.5. The second-order valence-electron chi connectivity index (χ2n) is 5.34. The van der Waals surface area contributed by atoms with Crippen LogP contribution in [0, 0.1) is 22.9 Å². The fourth-order valence-electron chi connectivity index (χ4n) is 2.09. The Balaban J connectivity index is 1.94. The number of nitrogens with zero attached hydrogens (tertiary/aromatic N) is 1. The number of hydrogen-bond acceptors (Lipinski definition) is 5. The number of aryl methyl sites for hydroxylation is 1. The first-order chi connectivity index (χ1) is 12.3. The lowest BCUT2D eigenvalue weighted by molar-refractivity contribution is -0.384. The van der Waals surface area contributed by atoms with Crippen molar-refractivity contribution in [2.45, 2.75) is 13.3 Å². The number of anilines is 1. The minimum Gasteiger partial charge on any atom is -0.455 e. The molecule has 136 valence electrons. The number of non-ortho nitro benzene ring substituents is 1. The van der Waals surface area contributed by atoms with E-state index in [0.717, 1.165) is 6.07 Å². The third-order valence-corrected chi connectivity index (χ3v) is 3.81. The van der Waals surface area contributed by atoms with Crippen molar-refractivity contribution in [3.8, 4) is 0 Å². The molecule has 7 nitrogen and oxygen atoms in total. The SMILES string of the molecule is Cc1ccc([N+](=O)[O-])cc1NC(=O)COC(=O)Cc1c(F)cccc1Cl. The fourth-order valence-corrected chi connectivity index (χ4v) is 2.32. The number of amides is 1. The van der Waals surface area contributed by atoms with E-state index in [9.17, 15) is 24.1 Å². The van der Waals surface area contributed by atoms with Crippen molar-refractivity contribution in [1.29, 1.82) is 0 Å². The van der Waals surface area contributed by atoms with Crippen LogP contribution in [-0.4, -0.2) is 23.4 Å². The Morgan fingerprint density at radius 3 is 2.69 bits per heavy atom. The predicted octanol–water partition coefficient (Wildman–Crippen LogP) is 3.42. The van der Waals surface area contributed by atoms with Crippen LogP contribution >= 0.6 is 11.6 Å². The number of benzene rings is 2. The summed E-state index contributed by atoms with van der Waals surface area (Å²) >= 11 is 5.82. The first kappa shape index (κ1) is 19.3. The molecule has 0 fully saturated rings. The lowest BCUT2D eigenvalue weighted by Crippen LogP contribution is -2.22. The largest absolute Gasteiger partial charge is 0.455 e. The highest BCUT2D eigenvalue weighted by molar-refractivity contribution is 6.31. The van der Waals surface area contributed by atoms with Gasteiger partial charge in [0.2, 0.25) is 0 Å². The van der Waals surface area contributed by atoms with Gasteiger partial charge in [-0.1, -0.05) is 23.7 Å². The zero-order valence-corrected chi connectivity index (χ0v) is 14.4. The Morgan fingerprint density at radius 1 is 1.31 bits per heavy atom. The van der Waals surface area contributed by atoms with E-state index in [1.807, 2.05) is 0 Å². The molecular formula is C17H14ClFN2O5. The highest BCUT2D eigenvalue weighted by Crippen LogP contribution is 2.22. The molecule has 0 spiro atoms. The third kappa shape index (κ3) is 5.00. The number of ether oxygens (including phenoxy) is 1. The van der Waals surface area contributed by atoms with Gasteiger partial charge in [0.25, 0.3) is 11.6 Å².